The molecule has 4 heteroatoms. The van der Waals surface area contributed by atoms with Crippen LogP contribution in [0.25, 0.3) is 0 Å². The van der Waals surface area contributed by atoms with E-state index in [1.807, 2.05) is 0 Å². The molecule has 1 unspecified atom stereocenters. The van der Waals surface area contributed by atoms with Crippen LogP contribution in [0.5, 0.6) is 0 Å². The summed E-state index contributed by atoms with van der Waals surface area (Å²) < 4.78 is 4.96. The number of likely N-dealkylation sites (N-methyl/N-ethyl adjacent to an activating group) is 1. The quantitative estimate of drug-likeness (QED) is 0.445. The summed E-state index contributed by atoms with van der Waals surface area (Å²) in [6.07, 6.45) is 1.58. The average Bonchev–Trinajstić information content (AvgIpc) is 2.14. The highest BCUT2D eigenvalue weighted by Crippen LogP contribution is 1.81. The standard InChI is InChI=1S/C9H19NO2S/c1-3-9(11)12-7-6-10(2)5-4-8-13/h13H,3-8H2,1-2H3/p+1. The van der Waals surface area contributed by atoms with Crippen LogP contribution in [0.15, 0.2) is 0 Å². The molecule has 13 heavy (non-hydrogen) atoms. The molecule has 0 radical (unpaired) electrons. The molecule has 78 valence electrons. The van der Waals surface area contributed by atoms with Crippen molar-refractivity contribution in [2.45, 2.75) is 19.8 Å². The molecule has 0 aromatic heterocycles. The molecule has 0 spiro atoms. The Hall–Kier alpha value is -0.220. The van der Waals surface area contributed by atoms with Crippen molar-refractivity contribution < 1.29 is 14.4 Å². The van der Waals surface area contributed by atoms with E-state index in [9.17, 15) is 4.79 Å². The van der Waals surface area contributed by atoms with Gasteiger partial charge in [-0.1, -0.05) is 6.92 Å². The Bertz CT molecular complexity index is 142. The molecule has 3 nitrogen and oxygen atoms in total. The van der Waals surface area contributed by atoms with Crippen molar-refractivity contribution in [2.24, 2.45) is 0 Å². The van der Waals surface area contributed by atoms with Gasteiger partial charge in [0.05, 0.1) is 13.6 Å². The Morgan fingerprint density at radius 3 is 2.69 bits per heavy atom. The molecule has 0 aliphatic carbocycles. The normalized spacial score (nSPS) is 12.5. The summed E-state index contributed by atoms with van der Waals surface area (Å²) in [6.45, 7) is 4.32. The summed E-state index contributed by atoms with van der Waals surface area (Å²) in [6, 6.07) is 0. The lowest BCUT2D eigenvalue weighted by molar-refractivity contribution is -0.879. The van der Waals surface area contributed by atoms with E-state index in [1.54, 1.807) is 6.92 Å². The van der Waals surface area contributed by atoms with Crippen molar-refractivity contribution in [1.29, 1.82) is 0 Å². The number of carbonyl (C=O) groups excluding carboxylic acids is 1. The minimum Gasteiger partial charge on any atom is -0.460 e. The molecule has 0 fully saturated rings. The monoisotopic (exact) mass is 206 g/mol. The maximum atomic E-state index is 10.8. The van der Waals surface area contributed by atoms with Gasteiger partial charge in [0.25, 0.3) is 0 Å². The highest BCUT2D eigenvalue weighted by molar-refractivity contribution is 7.80. The fraction of sp³-hybridized carbons (Fsp3) is 0.889. The maximum Gasteiger partial charge on any atom is 0.305 e. The van der Waals surface area contributed by atoms with Crippen molar-refractivity contribution in [2.75, 3.05) is 32.5 Å². The summed E-state index contributed by atoms with van der Waals surface area (Å²) in [7, 11) is 2.10. The van der Waals surface area contributed by atoms with E-state index in [2.05, 4.69) is 19.7 Å². The molecule has 0 saturated heterocycles. The Morgan fingerprint density at radius 2 is 2.15 bits per heavy atom. The molecule has 0 aliphatic heterocycles. The SMILES string of the molecule is CCC(=O)OCC[NH+](C)CCCS. The third kappa shape index (κ3) is 8.12. The lowest BCUT2D eigenvalue weighted by Gasteiger charge is -2.12. The van der Waals surface area contributed by atoms with Crippen molar-refractivity contribution in [1.82, 2.24) is 0 Å². The second kappa shape index (κ2) is 8.38. The van der Waals surface area contributed by atoms with Gasteiger partial charge in [-0.05, 0) is 5.75 Å². The highest BCUT2D eigenvalue weighted by atomic mass is 32.1. The van der Waals surface area contributed by atoms with Crippen LogP contribution in [0.3, 0.4) is 0 Å². The van der Waals surface area contributed by atoms with Gasteiger partial charge in [-0.25, -0.2) is 0 Å². The minimum atomic E-state index is -0.109. The molecular weight excluding hydrogens is 186 g/mol. The van der Waals surface area contributed by atoms with E-state index >= 15 is 0 Å². The molecule has 0 aliphatic rings. The van der Waals surface area contributed by atoms with Crippen LogP contribution in [-0.2, 0) is 9.53 Å². The third-order valence-corrected chi connectivity index (χ3v) is 2.16. The molecule has 0 amide bonds. The van der Waals surface area contributed by atoms with Crippen molar-refractivity contribution in [3.63, 3.8) is 0 Å². The number of hydrogen-bond donors (Lipinski definition) is 2. The first-order chi connectivity index (χ1) is 6.20. The molecule has 0 heterocycles. The second-order valence-corrected chi connectivity index (χ2v) is 3.56. The van der Waals surface area contributed by atoms with E-state index in [0.717, 1.165) is 25.3 Å². The van der Waals surface area contributed by atoms with Crippen LogP contribution >= 0.6 is 12.6 Å². The molecular formula is C9H20NO2S+. The predicted molar refractivity (Wildman–Crippen MR) is 56.3 cm³/mol. The van der Waals surface area contributed by atoms with Gasteiger partial charge in [0, 0.05) is 12.8 Å². The highest BCUT2D eigenvalue weighted by Gasteiger charge is 2.03. The van der Waals surface area contributed by atoms with E-state index in [1.165, 1.54) is 4.90 Å². The molecule has 0 aromatic carbocycles. The van der Waals surface area contributed by atoms with Gasteiger partial charge in [-0.15, -0.1) is 0 Å². The molecule has 1 N–H and O–H groups in total. The van der Waals surface area contributed by atoms with Gasteiger partial charge in [0.2, 0.25) is 0 Å². The zero-order valence-electron chi connectivity index (χ0n) is 8.51. The van der Waals surface area contributed by atoms with Gasteiger partial charge in [-0.2, -0.15) is 12.6 Å². The number of esters is 1. The van der Waals surface area contributed by atoms with E-state index < -0.39 is 0 Å². The average molecular weight is 206 g/mol. The summed E-state index contributed by atoms with van der Waals surface area (Å²) in [5, 5.41) is 0. The largest absolute Gasteiger partial charge is 0.460 e. The first kappa shape index (κ1) is 12.8. The van der Waals surface area contributed by atoms with Crippen LogP contribution < -0.4 is 4.90 Å². The topological polar surface area (TPSA) is 30.7 Å². The Labute approximate surface area is 85.8 Å². The molecule has 0 saturated carbocycles. The van der Waals surface area contributed by atoms with Gasteiger partial charge in [-0.3, -0.25) is 4.79 Å². The van der Waals surface area contributed by atoms with E-state index in [4.69, 9.17) is 4.74 Å². The first-order valence-corrected chi connectivity index (χ1v) is 5.41. The summed E-state index contributed by atoms with van der Waals surface area (Å²) in [5.41, 5.74) is 0. The summed E-state index contributed by atoms with van der Waals surface area (Å²) >= 11 is 4.14. The number of nitrogens with one attached hydrogen (secondary N) is 1. The fourth-order valence-electron chi connectivity index (χ4n) is 0.947. The zero-order chi connectivity index (χ0) is 10.1. The van der Waals surface area contributed by atoms with E-state index in [-0.39, 0.29) is 5.97 Å². The van der Waals surface area contributed by atoms with Crippen molar-refractivity contribution in [3.05, 3.63) is 0 Å². The third-order valence-electron chi connectivity index (χ3n) is 1.84. The maximum absolute atomic E-state index is 10.8. The van der Waals surface area contributed by atoms with Crippen LogP contribution in [0, 0.1) is 0 Å². The van der Waals surface area contributed by atoms with Gasteiger partial charge < -0.3 is 9.64 Å². The van der Waals surface area contributed by atoms with Gasteiger partial charge in [0.15, 0.2) is 0 Å². The smallest absolute Gasteiger partial charge is 0.305 e. The molecule has 0 rings (SSSR count). The van der Waals surface area contributed by atoms with Gasteiger partial charge in [0.1, 0.15) is 13.2 Å². The summed E-state index contributed by atoms with van der Waals surface area (Å²) in [5.74, 6) is 0.813. The zero-order valence-corrected chi connectivity index (χ0v) is 9.40. The van der Waals surface area contributed by atoms with Crippen LogP contribution in [0.4, 0.5) is 0 Å². The van der Waals surface area contributed by atoms with Crippen molar-refractivity contribution >= 4 is 18.6 Å². The van der Waals surface area contributed by atoms with E-state index in [0.29, 0.717) is 13.0 Å². The minimum absolute atomic E-state index is 0.109. The fourth-order valence-corrected chi connectivity index (χ4v) is 1.11. The van der Waals surface area contributed by atoms with Crippen LogP contribution in [0.1, 0.15) is 19.8 Å². The number of hydrogen-bond acceptors (Lipinski definition) is 3. The molecule has 0 bridgehead atoms. The molecule has 1 atom stereocenters. The number of quaternary nitrogens is 1. The van der Waals surface area contributed by atoms with Crippen LogP contribution in [-0.4, -0.2) is 38.5 Å². The number of ether oxygens (including phenoxy) is 1. The molecule has 0 aromatic rings. The first-order valence-electron chi connectivity index (χ1n) is 4.78. The predicted octanol–water partition coefficient (Wildman–Crippen LogP) is -0.226. The number of thiol groups is 1. The van der Waals surface area contributed by atoms with Crippen molar-refractivity contribution in [3.8, 4) is 0 Å². The Kier molecular flexibility index (Phi) is 8.24. The lowest BCUT2D eigenvalue weighted by Crippen LogP contribution is -3.09. The Morgan fingerprint density at radius 1 is 1.46 bits per heavy atom. The Balaban J connectivity index is 3.26. The second-order valence-electron chi connectivity index (χ2n) is 3.11. The number of carbonyl (C=O) groups is 1. The van der Waals surface area contributed by atoms with Gasteiger partial charge >= 0.3 is 5.97 Å². The van der Waals surface area contributed by atoms with Crippen LogP contribution in [0.2, 0.25) is 0 Å². The summed E-state index contributed by atoms with van der Waals surface area (Å²) in [4.78, 5) is 12.2. The number of rotatable bonds is 7. The lowest BCUT2D eigenvalue weighted by atomic mass is 10.4.